The number of ether oxygens (including phenoxy) is 2. The van der Waals surface area contributed by atoms with Crippen molar-refractivity contribution in [3.8, 4) is 0 Å². The number of anilines is 2. The summed E-state index contributed by atoms with van der Waals surface area (Å²) < 4.78 is 40.3. The van der Waals surface area contributed by atoms with Crippen LogP contribution in [0.4, 0.5) is 16.2 Å². The van der Waals surface area contributed by atoms with Crippen LogP contribution in [-0.2, 0) is 25.1 Å². The summed E-state index contributed by atoms with van der Waals surface area (Å²) in [6, 6.07) is 15.8. The van der Waals surface area contributed by atoms with Crippen molar-refractivity contribution in [3.63, 3.8) is 0 Å². The van der Waals surface area contributed by atoms with Crippen molar-refractivity contribution in [1.82, 2.24) is 0 Å². The van der Waals surface area contributed by atoms with Gasteiger partial charge in [-0.25, -0.2) is 13.2 Å². The molecule has 2 aromatic carbocycles. The molecule has 32 heavy (non-hydrogen) atoms. The molecule has 0 aliphatic heterocycles. The van der Waals surface area contributed by atoms with Gasteiger partial charge >= 0.3 is 6.09 Å². The van der Waals surface area contributed by atoms with E-state index in [-0.39, 0.29) is 35.2 Å². The molecule has 10 heteroatoms. The zero-order valence-corrected chi connectivity index (χ0v) is 18.1. The van der Waals surface area contributed by atoms with Crippen molar-refractivity contribution in [3.05, 3.63) is 78.3 Å². The van der Waals surface area contributed by atoms with Crippen LogP contribution in [0.1, 0.15) is 16.1 Å². The Bertz CT molecular complexity index is 1170. The molecule has 3 aromatic rings. The molecule has 0 saturated heterocycles. The Balaban J connectivity index is 1.67. The third-order valence-corrected chi connectivity index (χ3v) is 5.97. The maximum Gasteiger partial charge on any atom is 0.411 e. The monoisotopic (exact) mass is 458 g/mol. The molecule has 2 amide bonds. The second-order valence-electron chi connectivity index (χ2n) is 6.64. The van der Waals surface area contributed by atoms with Crippen LogP contribution in [-0.4, -0.2) is 40.7 Å². The van der Waals surface area contributed by atoms with E-state index in [0.717, 1.165) is 0 Å². The molecule has 0 radical (unpaired) electrons. The minimum Gasteiger partial charge on any atom is -0.459 e. The molecule has 0 aliphatic carbocycles. The Morgan fingerprint density at radius 3 is 2.38 bits per heavy atom. The largest absolute Gasteiger partial charge is 0.459 e. The average Bonchev–Trinajstić information content (AvgIpc) is 3.22. The maximum absolute atomic E-state index is 12.7. The van der Waals surface area contributed by atoms with Gasteiger partial charge in [-0.05, 0) is 36.4 Å². The standard InChI is InChI=1S/C22H22N2O7S/c1-29-12-13-31-22(26)24-18-7-5-6-17(14-18)23-21(25)20-16(10-11-30-20)15-32(27,28)19-8-3-2-4-9-19/h2-11,14H,12-13,15H2,1H3,(H,23,25)(H,24,26). The Kier molecular flexibility index (Phi) is 7.63. The topological polar surface area (TPSA) is 124 Å². The van der Waals surface area contributed by atoms with Crippen molar-refractivity contribution in [2.75, 3.05) is 31.0 Å². The fraction of sp³-hybridized carbons (Fsp3) is 0.182. The smallest absolute Gasteiger partial charge is 0.411 e. The number of hydrogen-bond donors (Lipinski definition) is 2. The van der Waals surface area contributed by atoms with Gasteiger partial charge in [-0.1, -0.05) is 24.3 Å². The summed E-state index contributed by atoms with van der Waals surface area (Å²) in [6.07, 6.45) is 0.601. The number of benzene rings is 2. The minimum atomic E-state index is -3.65. The normalized spacial score (nSPS) is 11.0. The lowest BCUT2D eigenvalue weighted by atomic mass is 10.2. The van der Waals surface area contributed by atoms with Crippen molar-refractivity contribution in [2.24, 2.45) is 0 Å². The van der Waals surface area contributed by atoms with E-state index in [9.17, 15) is 18.0 Å². The van der Waals surface area contributed by atoms with Gasteiger partial charge in [0.2, 0.25) is 0 Å². The SMILES string of the molecule is COCCOC(=O)Nc1cccc(NC(=O)c2occc2CS(=O)(=O)c2ccccc2)c1. The van der Waals surface area contributed by atoms with Crippen molar-refractivity contribution in [2.45, 2.75) is 10.6 Å². The zero-order chi connectivity index (χ0) is 23.0. The van der Waals surface area contributed by atoms with Crippen LogP contribution < -0.4 is 10.6 Å². The molecular formula is C22H22N2O7S. The molecule has 0 spiro atoms. The highest BCUT2D eigenvalue weighted by Gasteiger charge is 2.22. The molecule has 0 atom stereocenters. The maximum atomic E-state index is 12.7. The summed E-state index contributed by atoms with van der Waals surface area (Å²) in [5.41, 5.74) is 1.01. The third kappa shape index (κ3) is 6.19. The van der Waals surface area contributed by atoms with E-state index in [0.29, 0.717) is 11.4 Å². The highest BCUT2D eigenvalue weighted by molar-refractivity contribution is 7.90. The number of amides is 2. The highest BCUT2D eigenvalue weighted by atomic mass is 32.2. The summed E-state index contributed by atoms with van der Waals surface area (Å²) in [5.74, 6) is -1.11. The molecule has 1 heterocycles. The first-order valence-corrected chi connectivity index (χ1v) is 11.2. The Labute approximate surface area is 185 Å². The van der Waals surface area contributed by atoms with Gasteiger partial charge in [0.1, 0.15) is 6.61 Å². The van der Waals surface area contributed by atoms with E-state index < -0.39 is 21.8 Å². The van der Waals surface area contributed by atoms with Crippen molar-refractivity contribution >= 4 is 33.2 Å². The van der Waals surface area contributed by atoms with Gasteiger partial charge in [0.15, 0.2) is 15.6 Å². The van der Waals surface area contributed by atoms with Gasteiger partial charge in [0.05, 0.1) is 23.5 Å². The van der Waals surface area contributed by atoms with Crippen LogP contribution in [0.15, 0.2) is 76.2 Å². The number of rotatable bonds is 9. The second-order valence-corrected chi connectivity index (χ2v) is 8.63. The molecule has 0 aliphatic rings. The number of carbonyl (C=O) groups excluding carboxylic acids is 2. The molecular weight excluding hydrogens is 436 g/mol. The van der Waals surface area contributed by atoms with Gasteiger partial charge in [-0.15, -0.1) is 0 Å². The number of nitrogens with one attached hydrogen (secondary N) is 2. The lowest BCUT2D eigenvalue weighted by molar-refractivity contribution is 0.0995. The summed E-state index contributed by atoms with van der Waals surface area (Å²) in [7, 11) is -2.16. The van der Waals surface area contributed by atoms with Crippen molar-refractivity contribution in [1.29, 1.82) is 0 Å². The van der Waals surface area contributed by atoms with Crippen LogP contribution in [0.5, 0.6) is 0 Å². The molecule has 3 rings (SSSR count). The van der Waals surface area contributed by atoms with Gasteiger partial charge in [0, 0.05) is 24.0 Å². The molecule has 0 fully saturated rings. The predicted molar refractivity (Wildman–Crippen MR) is 117 cm³/mol. The lowest BCUT2D eigenvalue weighted by Gasteiger charge is -2.09. The molecule has 0 unspecified atom stereocenters. The van der Waals surface area contributed by atoms with E-state index in [1.165, 1.54) is 37.6 Å². The van der Waals surface area contributed by atoms with E-state index in [2.05, 4.69) is 10.6 Å². The highest BCUT2D eigenvalue weighted by Crippen LogP contribution is 2.22. The van der Waals surface area contributed by atoms with Crippen LogP contribution in [0.3, 0.4) is 0 Å². The number of methoxy groups -OCH3 is 1. The summed E-state index contributed by atoms with van der Waals surface area (Å²) in [5, 5.41) is 5.18. The number of carbonyl (C=O) groups is 2. The summed E-state index contributed by atoms with van der Waals surface area (Å²) >= 11 is 0. The average molecular weight is 458 g/mol. The van der Waals surface area contributed by atoms with Crippen LogP contribution in [0, 0.1) is 0 Å². The van der Waals surface area contributed by atoms with Crippen LogP contribution in [0.25, 0.3) is 0 Å². The molecule has 9 nitrogen and oxygen atoms in total. The first-order chi connectivity index (χ1) is 15.4. The first kappa shape index (κ1) is 23.0. The Hall–Kier alpha value is -3.63. The van der Waals surface area contributed by atoms with E-state index in [1.807, 2.05) is 0 Å². The zero-order valence-electron chi connectivity index (χ0n) is 17.2. The van der Waals surface area contributed by atoms with Gasteiger partial charge in [-0.3, -0.25) is 10.1 Å². The number of furan rings is 1. The lowest BCUT2D eigenvalue weighted by Crippen LogP contribution is -2.17. The van der Waals surface area contributed by atoms with Gasteiger partial charge in [0.25, 0.3) is 5.91 Å². The van der Waals surface area contributed by atoms with Crippen LogP contribution >= 0.6 is 0 Å². The number of hydrogen-bond acceptors (Lipinski definition) is 7. The van der Waals surface area contributed by atoms with E-state index >= 15 is 0 Å². The van der Waals surface area contributed by atoms with E-state index in [1.54, 1.807) is 36.4 Å². The molecule has 1 aromatic heterocycles. The minimum absolute atomic E-state index is 0.103. The quantitative estimate of drug-likeness (QED) is 0.469. The third-order valence-electron chi connectivity index (χ3n) is 4.29. The van der Waals surface area contributed by atoms with E-state index in [4.69, 9.17) is 13.9 Å². The van der Waals surface area contributed by atoms with Gasteiger partial charge in [-0.2, -0.15) is 0 Å². The molecule has 168 valence electrons. The fourth-order valence-electron chi connectivity index (χ4n) is 2.80. The van der Waals surface area contributed by atoms with Gasteiger partial charge < -0.3 is 19.2 Å². The first-order valence-electron chi connectivity index (χ1n) is 9.57. The summed E-state index contributed by atoms with van der Waals surface area (Å²) in [4.78, 5) is 24.6. The molecule has 2 N–H and O–H groups in total. The fourth-order valence-corrected chi connectivity index (χ4v) is 4.17. The number of sulfone groups is 1. The Morgan fingerprint density at radius 1 is 0.938 bits per heavy atom. The predicted octanol–water partition coefficient (Wildman–Crippen LogP) is 3.70. The van der Waals surface area contributed by atoms with Crippen molar-refractivity contribution < 1.29 is 31.9 Å². The summed E-state index contributed by atoms with van der Waals surface area (Å²) in [6.45, 7) is 0.376. The van der Waals surface area contributed by atoms with Crippen LogP contribution in [0.2, 0.25) is 0 Å². The second kappa shape index (κ2) is 10.6. The Morgan fingerprint density at radius 2 is 1.66 bits per heavy atom. The molecule has 0 bridgehead atoms. The molecule has 0 saturated carbocycles.